The summed E-state index contributed by atoms with van der Waals surface area (Å²) >= 11 is 0. The third-order valence-corrected chi connectivity index (χ3v) is 1.72. The molecule has 0 amide bonds. The van der Waals surface area contributed by atoms with E-state index in [4.69, 9.17) is 10.5 Å². The van der Waals surface area contributed by atoms with E-state index in [2.05, 4.69) is 11.7 Å². The molecule has 78 valence electrons. The Bertz CT molecular complexity index is 139. The Morgan fingerprint density at radius 2 is 2.15 bits per heavy atom. The predicted octanol–water partition coefficient (Wildman–Crippen LogP) is 0.694. The van der Waals surface area contributed by atoms with E-state index in [0.717, 1.165) is 19.4 Å². The van der Waals surface area contributed by atoms with Crippen molar-refractivity contribution in [2.24, 2.45) is 5.73 Å². The summed E-state index contributed by atoms with van der Waals surface area (Å²) in [5.41, 5.74) is 5.49. The Hall–Kier alpha value is -0.610. The molecule has 2 N–H and O–H groups in total. The fourth-order valence-electron chi connectivity index (χ4n) is 0.828. The van der Waals surface area contributed by atoms with Crippen LogP contribution in [0.15, 0.2) is 0 Å². The topological polar surface area (TPSA) is 61.5 Å². The van der Waals surface area contributed by atoms with Crippen LogP contribution in [0, 0.1) is 0 Å². The summed E-state index contributed by atoms with van der Waals surface area (Å²) in [5, 5.41) is 0. The molecular weight excluding hydrogens is 170 g/mol. The van der Waals surface area contributed by atoms with Crippen molar-refractivity contribution in [2.75, 3.05) is 20.3 Å². The van der Waals surface area contributed by atoms with Crippen molar-refractivity contribution in [1.82, 2.24) is 0 Å². The summed E-state index contributed by atoms with van der Waals surface area (Å²) in [6, 6.07) is -0.549. The van der Waals surface area contributed by atoms with Crippen molar-refractivity contribution in [3.8, 4) is 0 Å². The van der Waals surface area contributed by atoms with Gasteiger partial charge in [0.15, 0.2) is 0 Å². The normalized spacial score (nSPS) is 12.5. The van der Waals surface area contributed by atoms with Crippen molar-refractivity contribution in [1.29, 1.82) is 0 Å². The zero-order valence-electron chi connectivity index (χ0n) is 8.41. The smallest absolute Gasteiger partial charge is 0.322 e. The standard InChI is InChI=1S/C9H19NO3/c1-3-4-6-13-7-5-8(10)9(11)12-2/h8H,3-7,10H2,1-2H3/t8-/m0/s1. The van der Waals surface area contributed by atoms with Crippen molar-refractivity contribution in [2.45, 2.75) is 32.2 Å². The first kappa shape index (κ1) is 12.4. The number of unbranched alkanes of at least 4 members (excludes halogenated alkanes) is 1. The van der Waals surface area contributed by atoms with E-state index in [0.29, 0.717) is 13.0 Å². The van der Waals surface area contributed by atoms with Crippen LogP contribution >= 0.6 is 0 Å². The molecule has 0 heterocycles. The number of ether oxygens (including phenoxy) is 2. The van der Waals surface area contributed by atoms with Gasteiger partial charge in [0.2, 0.25) is 0 Å². The molecule has 0 bridgehead atoms. The largest absolute Gasteiger partial charge is 0.468 e. The SMILES string of the molecule is CCCCOCC[C@H](N)C(=O)OC. The fraction of sp³-hybridized carbons (Fsp3) is 0.889. The second kappa shape index (κ2) is 8.01. The summed E-state index contributed by atoms with van der Waals surface area (Å²) in [6.07, 6.45) is 2.69. The van der Waals surface area contributed by atoms with Crippen LogP contribution in [-0.2, 0) is 14.3 Å². The molecule has 0 aliphatic heterocycles. The van der Waals surface area contributed by atoms with Crippen LogP contribution in [0.5, 0.6) is 0 Å². The van der Waals surface area contributed by atoms with Crippen molar-refractivity contribution in [3.63, 3.8) is 0 Å². The van der Waals surface area contributed by atoms with Gasteiger partial charge in [-0.3, -0.25) is 4.79 Å². The maximum absolute atomic E-state index is 10.8. The molecule has 0 fully saturated rings. The molecule has 0 rings (SSSR count). The number of esters is 1. The van der Waals surface area contributed by atoms with E-state index in [-0.39, 0.29) is 5.97 Å². The average Bonchev–Trinajstić information content (AvgIpc) is 2.16. The molecule has 0 aliphatic rings. The molecule has 0 spiro atoms. The third kappa shape index (κ3) is 6.54. The van der Waals surface area contributed by atoms with Gasteiger partial charge in [-0.15, -0.1) is 0 Å². The zero-order valence-corrected chi connectivity index (χ0v) is 8.41. The highest BCUT2D eigenvalue weighted by atomic mass is 16.5. The Balaban J connectivity index is 3.26. The maximum atomic E-state index is 10.8. The van der Waals surface area contributed by atoms with Crippen LogP contribution in [0.3, 0.4) is 0 Å². The summed E-state index contributed by atoms with van der Waals surface area (Å²) in [4.78, 5) is 10.8. The van der Waals surface area contributed by atoms with E-state index >= 15 is 0 Å². The highest BCUT2D eigenvalue weighted by Gasteiger charge is 2.12. The van der Waals surface area contributed by atoms with Crippen molar-refractivity contribution in [3.05, 3.63) is 0 Å². The van der Waals surface area contributed by atoms with Crippen LogP contribution in [0.25, 0.3) is 0 Å². The van der Waals surface area contributed by atoms with E-state index < -0.39 is 6.04 Å². The second-order valence-corrected chi connectivity index (χ2v) is 2.88. The lowest BCUT2D eigenvalue weighted by atomic mass is 10.2. The van der Waals surface area contributed by atoms with Crippen molar-refractivity contribution < 1.29 is 14.3 Å². The Labute approximate surface area is 79.4 Å². The van der Waals surface area contributed by atoms with Gasteiger partial charge in [0, 0.05) is 13.2 Å². The van der Waals surface area contributed by atoms with Crippen LogP contribution in [0.2, 0.25) is 0 Å². The monoisotopic (exact) mass is 189 g/mol. The van der Waals surface area contributed by atoms with Gasteiger partial charge in [-0.25, -0.2) is 0 Å². The molecule has 0 aromatic rings. The number of methoxy groups -OCH3 is 1. The van der Waals surface area contributed by atoms with Crippen molar-refractivity contribution >= 4 is 5.97 Å². The lowest BCUT2D eigenvalue weighted by molar-refractivity contribution is -0.142. The van der Waals surface area contributed by atoms with E-state index in [1.165, 1.54) is 7.11 Å². The Kier molecular flexibility index (Phi) is 7.63. The molecule has 4 heteroatoms. The third-order valence-electron chi connectivity index (χ3n) is 1.72. The minimum absolute atomic E-state index is 0.376. The van der Waals surface area contributed by atoms with Gasteiger partial charge in [0.05, 0.1) is 7.11 Å². The van der Waals surface area contributed by atoms with Gasteiger partial charge >= 0.3 is 5.97 Å². The van der Waals surface area contributed by atoms with Crippen LogP contribution in [0.1, 0.15) is 26.2 Å². The number of nitrogens with two attached hydrogens (primary N) is 1. The summed E-state index contributed by atoms with van der Waals surface area (Å²) < 4.78 is 9.72. The summed E-state index contributed by atoms with van der Waals surface area (Å²) in [7, 11) is 1.33. The molecule has 1 atom stereocenters. The van der Waals surface area contributed by atoms with Gasteiger partial charge in [0.25, 0.3) is 0 Å². The molecule has 4 nitrogen and oxygen atoms in total. The van der Waals surface area contributed by atoms with E-state index in [1.54, 1.807) is 0 Å². The van der Waals surface area contributed by atoms with Gasteiger partial charge in [0.1, 0.15) is 6.04 Å². The first-order valence-corrected chi connectivity index (χ1v) is 4.63. The molecule has 0 saturated heterocycles. The predicted molar refractivity (Wildman–Crippen MR) is 50.3 cm³/mol. The second-order valence-electron chi connectivity index (χ2n) is 2.88. The molecule has 0 aromatic carbocycles. The Morgan fingerprint density at radius 1 is 1.46 bits per heavy atom. The number of hydrogen-bond donors (Lipinski definition) is 1. The fourth-order valence-corrected chi connectivity index (χ4v) is 0.828. The molecular formula is C9H19NO3. The maximum Gasteiger partial charge on any atom is 0.322 e. The average molecular weight is 189 g/mol. The lowest BCUT2D eigenvalue weighted by Crippen LogP contribution is -2.32. The van der Waals surface area contributed by atoms with Gasteiger partial charge < -0.3 is 15.2 Å². The van der Waals surface area contributed by atoms with Crippen LogP contribution in [-0.4, -0.2) is 32.3 Å². The zero-order chi connectivity index (χ0) is 10.1. The first-order chi connectivity index (χ1) is 6.22. The lowest BCUT2D eigenvalue weighted by Gasteiger charge is -2.08. The highest BCUT2D eigenvalue weighted by Crippen LogP contribution is 1.94. The van der Waals surface area contributed by atoms with Gasteiger partial charge in [-0.2, -0.15) is 0 Å². The summed E-state index contributed by atoms with van der Waals surface area (Å²) in [5.74, 6) is -0.376. The number of hydrogen-bond acceptors (Lipinski definition) is 4. The van der Waals surface area contributed by atoms with E-state index in [9.17, 15) is 4.79 Å². The van der Waals surface area contributed by atoms with Crippen LogP contribution < -0.4 is 5.73 Å². The highest BCUT2D eigenvalue weighted by molar-refractivity contribution is 5.75. The molecule has 0 aliphatic carbocycles. The summed E-state index contributed by atoms with van der Waals surface area (Å²) in [6.45, 7) is 3.37. The Morgan fingerprint density at radius 3 is 2.69 bits per heavy atom. The minimum atomic E-state index is -0.549. The molecule has 13 heavy (non-hydrogen) atoms. The minimum Gasteiger partial charge on any atom is -0.468 e. The molecule has 0 unspecified atom stereocenters. The quantitative estimate of drug-likeness (QED) is 0.473. The number of carbonyl (C=O) groups is 1. The molecule has 0 radical (unpaired) electrons. The van der Waals surface area contributed by atoms with Crippen LogP contribution in [0.4, 0.5) is 0 Å². The van der Waals surface area contributed by atoms with E-state index in [1.807, 2.05) is 0 Å². The molecule has 0 saturated carbocycles. The van der Waals surface area contributed by atoms with Gasteiger partial charge in [-0.05, 0) is 12.8 Å². The number of carbonyl (C=O) groups excluding carboxylic acids is 1. The molecule has 0 aromatic heterocycles. The number of rotatable bonds is 7. The van der Waals surface area contributed by atoms with Gasteiger partial charge in [-0.1, -0.05) is 13.3 Å². The first-order valence-electron chi connectivity index (χ1n) is 4.63.